The van der Waals surface area contributed by atoms with E-state index in [9.17, 15) is 4.79 Å². The van der Waals surface area contributed by atoms with E-state index in [4.69, 9.17) is 4.74 Å². The molecule has 3 heteroatoms. The van der Waals surface area contributed by atoms with Crippen LogP contribution in [0.3, 0.4) is 0 Å². The van der Waals surface area contributed by atoms with Crippen LogP contribution in [0.2, 0.25) is 0 Å². The predicted molar refractivity (Wildman–Crippen MR) is 95.0 cm³/mol. The van der Waals surface area contributed by atoms with Crippen LogP contribution in [0, 0.1) is 5.92 Å². The summed E-state index contributed by atoms with van der Waals surface area (Å²) in [5.41, 5.74) is 3.91. The van der Waals surface area contributed by atoms with Crippen molar-refractivity contribution in [3.63, 3.8) is 0 Å². The first-order chi connectivity index (χ1) is 10.9. The minimum absolute atomic E-state index is 0.00384. The number of rotatable bonds is 5. The van der Waals surface area contributed by atoms with Gasteiger partial charge < -0.3 is 9.64 Å². The van der Waals surface area contributed by atoms with Gasteiger partial charge in [-0.3, -0.25) is 4.79 Å². The largest absolute Gasteiger partial charge is 0.496 e. The van der Waals surface area contributed by atoms with Gasteiger partial charge in [-0.2, -0.15) is 0 Å². The highest BCUT2D eigenvalue weighted by molar-refractivity contribution is 5.95. The molecule has 0 unspecified atom stereocenters. The van der Waals surface area contributed by atoms with Crippen LogP contribution >= 0.6 is 0 Å². The second kappa shape index (κ2) is 7.32. The molecule has 0 saturated carbocycles. The summed E-state index contributed by atoms with van der Waals surface area (Å²) in [6.45, 7) is 4.39. The zero-order valence-corrected chi connectivity index (χ0v) is 14.6. The molecule has 122 valence electrons. The topological polar surface area (TPSA) is 29.5 Å². The lowest BCUT2D eigenvalue weighted by Gasteiger charge is -2.16. The molecule has 0 heterocycles. The first-order valence-electron chi connectivity index (χ1n) is 7.92. The number of nitrogens with zero attached hydrogens (tertiary/aromatic N) is 1. The smallest absolute Gasteiger partial charge is 0.253 e. The van der Waals surface area contributed by atoms with E-state index in [1.54, 1.807) is 26.1 Å². The fraction of sp³-hybridized carbons (Fsp3) is 0.350. The Labute approximate surface area is 138 Å². The van der Waals surface area contributed by atoms with Gasteiger partial charge in [0.2, 0.25) is 0 Å². The Morgan fingerprint density at radius 1 is 1.13 bits per heavy atom. The van der Waals surface area contributed by atoms with Gasteiger partial charge in [0.05, 0.1) is 7.11 Å². The van der Waals surface area contributed by atoms with Crippen molar-refractivity contribution in [3.05, 3.63) is 53.6 Å². The van der Waals surface area contributed by atoms with Crippen molar-refractivity contribution in [2.45, 2.75) is 20.3 Å². The number of amides is 1. The third-order valence-corrected chi connectivity index (χ3v) is 3.76. The van der Waals surface area contributed by atoms with Gasteiger partial charge in [0.25, 0.3) is 5.91 Å². The molecule has 0 saturated heterocycles. The summed E-state index contributed by atoms with van der Waals surface area (Å²) in [7, 11) is 5.23. The Hall–Kier alpha value is -2.29. The molecule has 0 aliphatic rings. The van der Waals surface area contributed by atoms with Gasteiger partial charge in [-0.1, -0.05) is 44.2 Å². The molecule has 0 radical (unpaired) electrons. The molecule has 2 aromatic rings. The number of carbonyl (C=O) groups excluding carboxylic acids is 1. The van der Waals surface area contributed by atoms with E-state index in [0.29, 0.717) is 11.5 Å². The maximum absolute atomic E-state index is 12.2. The molecule has 0 bridgehead atoms. The van der Waals surface area contributed by atoms with Gasteiger partial charge in [-0.25, -0.2) is 0 Å². The minimum atomic E-state index is 0.00384. The van der Waals surface area contributed by atoms with E-state index in [-0.39, 0.29) is 5.91 Å². The van der Waals surface area contributed by atoms with E-state index in [1.807, 2.05) is 30.3 Å². The van der Waals surface area contributed by atoms with Crippen LogP contribution in [0.25, 0.3) is 11.1 Å². The molecular formula is C20H25NO2. The van der Waals surface area contributed by atoms with Gasteiger partial charge in [-0.05, 0) is 35.6 Å². The van der Waals surface area contributed by atoms with Gasteiger partial charge in [0.15, 0.2) is 0 Å². The summed E-state index contributed by atoms with van der Waals surface area (Å²) in [5.74, 6) is 1.46. The highest BCUT2D eigenvalue weighted by Gasteiger charge is 2.14. The number of hydrogen-bond donors (Lipinski definition) is 0. The van der Waals surface area contributed by atoms with Crippen molar-refractivity contribution < 1.29 is 9.53 Å². The maximum Gasteiger partial charge on any atom is 0.253 e. The van der Waals surface area contributed by atoms with Crippen LogP contribution in [0.4, 0.5) is 0 Å². The van der Waals surface area contributed by atoms with Crippen LogP contribution in [-0.2, 0) is 6.42 Å². The molecule has 3 nitrogen and oxygen atoms in total. The second-order valence-corrected chi connectivity index (χ2v) is 6.38. The number of hydrogen-bond acceptors (Lipinski definition) is 2. The molecule has 0 spiro atoms. The molecule has 0 fully saturated rings. The van der Waals surface area contributed by atoms with Crippen molar-refractivity contribution in [2.75, 3.05) is 21.2 Å². The summed E-state index contributed by atoms with van der Waals surface area (Å²) in [6.07, 6.45) is 0.966. The molecule has 1 amide bonds. The maximum atomic E-state index is 12.2. The van der Waals surface area contributed by atoms with Gasteiger partial charge in [0, 0.05) is 25.2 Å². The number of carbonyl (C=O) groups is 1. The molecule has 0 aromatic heterocycles. The summed E-state index contributed by atoms with van der Waals surface area (Å²) in [5, 5.41) is 0. The Kier molecular flexibility index (Phi) is 5.43. The summed E-state index contributed by atoms with van der Waals surface area (Å²) < 4.78 is 5.68. The molecule has 0 N–H and O–H groups in total. The predicted octanol–water partition coefficient (Wildman–Crippen LogP) is 4.26. The van der Waals surface area contributed by atoms with E-state index in [1.165, 1.54) is 5.56 Å². The fourth-order valence-corrected chi connectivity index (χ4v) is 2.73. The normalized spacial score (nSPS) is 10.7. The summed E-state index contributed by atoms with van der Waals surface area (Å²) in [6, 6.07) is 13.9. The van der Waals surface area contributed by atoms with Crippen molar-refractivity contribution in [1.29, 1.82) is 0 Å². The average Bonchev–Trinajstić information content (AvgIpc) is 2.53. The van der Waals surface area contributed by atoms with E-state index < -0.39 is 0 Å². The molecule has 0 aliphatic heterocycles. The van der Waals surface area contributed by atoms with Crippen LogP contribution in [0.1, 0.15) is 29.8 Å². The average molecular weight is 311 g/mol. The van der Waals surface area contributed by atoms with Gasteiger partial charge >= 0.3 is 0 Å². The number of benzene rings is 2. The zero-order chi connectivity index (χ0) is 17.0. The quantitative estimate of drug-likeness (QED) is 0.825. The first-order valence-corrected chi connectivity index (χ1v) is 7.92. The third-order valence-electron chi connectivity index (χ3n) is 3.76. The monoisotopic (exact) mass is 311 g/mol. The zero-order valence-electron chi connectivity index (χ0n) is 14.6. The van der Waals surface area contributed by atoms with Crippen LogP contribution in [0.15, 0.2) is 42.5 Å². The molecule has 0 atom stereocenters. The standard InChI is InChI=1S/C20H25NO2/c1-14(2)12-16-9-7-11-18(19(16)23-5)15-8-6-10-17(13-15)20(22)21(3)4/h6-11,13-14H,12H2,1-5H3. The van der Waals surface area contributed by atoms with Crippen molar-refractivity contribution in [3.8, 4) is 16.9 Å². The van der Waals surface area contributed by atoms with Crippen LogP contribution in [-0.4, -0.2) is 32.0 Å². The lowest BCUT2D eigenvalue weighted by atomic mass is 9.95. The Morgan fingerprint density at radius 3 is 2.43 bits per heavy atom. The minimum Gasteiger partial charge on any atom is -0.496 e. The van der Waals surface area contributed by atoms with E-state index >= 15 is 0 Å². The molecule has 2 aromatic carbocycles. The number of para-hydroxylation sites is 1. The molecule has 2 rings (SSSR count). The Bertz CT molecular complexity index is 690. The SMILES string of the molecule is COc1c(CC(C)C)cccc1-c1cccc(C(=O)N(C)C)c1. The lowest BCUT2D eigenvalue weighted by Crippen LogP contribution is -2.21. The van der Waals surface area contributed by atoms with Crippen LogP contribution < -0.4 is 4.74 Å². The van der Waals surface area contributed by atoms with Gasteiger partial charge in [0.1, 0.15) is 5.75 Å². The van der Waals surface area contributed by atoms with Crippen molar-refractivity contribution in [2.24, 2.45) is 5.92 Å². The molecule has 0 aliphatic carbocycles. The lowest BCUT2D eigenvalue weighted by molar-refractivity contribution is 0.0827. The number of ether oxygens (including phenoxy) is 1. The summed E-state index contributed by atoms with van der Waals surface area (Å²) >= 11 is 0. The third kappa shape index (κ3) is 3.92. The highest BCUT2D eigenvalue weighted by Crippen LogP contribution is 2.34. The van der Waals surface area contributed by atoms with Crippen molar-refractivity contribution >= 4 is 5.91 Å². The molecule has 23 heavy (non-hydrogen) atoms. The summed E-state index contributed by atoms with van der Waals surface area (Å²) in [4.78, 5) is 13.8. The second-order valence-electron chi connectivity index (χ2n) is 6.38. The van der Waals surface area contributed by atoms with Crippen LogP contribution in [0.5, 0.6) is 5.75 Å². The number of methoxy groups -OCH3 is 1. The first kappa shape index (κ1) is 17.1. The van der Waals surface area contributed by atoms with E-state index in [2.05, 4.69) is 26.0 Å². The van der Waals surface area contributed by atoms with Crippen molar-refractivity contribution in [1.82, 2.24) is 4.90 Å². The molecular weight excluding hydrogens is 286 g/mol. The fourth-order valence-electron chi connectivity index (χ4n) is 2.73. The van der Waals surface area contributed by atoms with E-state index in [0.717, 1.165) is 23.3 Å². The highest BCUT2D eigenvalue weighted by atomic mass is 16.5. The Balaban J connectivity index is 2.50. The Morgan fingerprint density at radius 2 is 1.83 bits per heavy atom. The van der Waals surface area contributed by atoms with Gasteiger partial charge in [-0.15, -0.1) is 0 Å².